The van der Waals surface area contributed by atoms with Crippen molar-refractivity contribution in [1.29, 1.82) is 0 Å². The molecule has 0 saturated carbocycles. The Kier molecular flexibility index (Phi) is 14.0. The number of hydrogen-bond donors (Lipinski definition) is 0. The van der Waals surface area contributed by atoms with E-state index in [9.17, 15) is 9.59 Å². The Morgan fingerprint density at radius 2 is 1.71 bits per heavy atom. The van der Waals surface area contributed by atoms with Crippen LogP contribution >= 0.6 is 0 Å². The predicted molar refractivity (Wildman–Crippen MR) is 112 cm³/mol. The molecule has 164 valence electrons. The molecule has 0 aromatic heterocycles. The van der Waals surface area contributed by atoms with E-state index < -0.39 is 0 Å². The molecular weight excluding hydrogens is 356 g/mol. The van der Waals surface area contributed by atoms with Crippen molar-refractivity contribution in [2.45, 2.75) is 83.7 Å². The van der Waals surface area contributed by atoms with Crippen molar-refractivity contribution < 1.29 is 19.1 Å². The van der Waals surface area contributed by atoms with Gasteiger partial charge in [0.2, 0.25) is 0 Å². The van der Waals surface area contributed by atoms with Gasteiger partial charge in [-0.2, -0.15) is 0 Å². The fourth-order valence-corrected chi connectivity index (χ4v) is 3.40. The first-order valence-electron chi connectivity index (χ1n) is 11.2. The minimum atomic E-state index is -0.0931. The van der Waals surface area contributed by atoms with Crippen LogP contribution in [-0.4, -0.2) is 74.7 Å². The lowest BCUT2D eigenvalue weighted by Gasteiger charge is -2.16. The summed E-state index contributed by atoms with van der Waals surface area (Å²) in [6.07, 6.45) is 10.8. The Labute approximate surface area is 171 Å². The molecule has 1 rings (SSSR count). The maximum atomic E-state index is 11.8. The first-order chi connectivity index (χ1) is 13.5. The number of ether oxygens (including phenoxy) is 2. The van der Waals surface area contributed by atoms with Gasteiger partial charge in [0, 0.05) is 26.1 Å². The highest BCUT2D eigenvalue weighted by Gasteiger charge is 2.25. The van der Waals surface area contributed by atoms with Gasteiger partial charge >= 0.3 is 11.9 Å². The molecule has 1 aliphatic heterocycles. The molecule has 6 heteroatoms. The van der Waals surface area contributed by atoms with Crippen LogP contribution < -0.4 is 0 Å². The zero-order valence-electron chi connectivity index (χ0n) is 18.4. The van der Waals surface area contributed by atoms with Crippen molar-refractivity contribution in [2.75, 3.05) is 46.9 Å². The Morgan fingerprint density at radius 1 is 0.964 bits per heavy atom. The number of hydrogen-bond acceptors (Lipinski definition) is 6. The normalized spacial score (nSPS) is 17.2. The van der Waals surface area contributed by atoms with Gasteiger partial charge in [0.1, 0.15) is 6.10 Å². The Balaban J connectivity index is 1.95. The molecule has 1 saturated heterocycles. The van der Waals surface area contributed by atoms with Crippen LogP contribution in [0.1, 0.15) is 77.6 Å². The molecule has 0 amide bonds. The van der Waals surface area contributed by atoms with E-state index in [-0.39, 0.29) is 18.0 Å². The number of nitrogens with zero attached hydrogens (tertiary/aromatic N) is 2. The van der Waals surface area contributed by atoms with Crippen molar-refractivity contribution >= 4 is 11.9 Å². The van der Waals surface area contributed by atoms with Crippen LogP contribution in [-0.2, 0) is 19.1 Å². The third-order valence-electron chi connectivity index (χ3n) is 5.16. The number of likely N-dealkylation sites (tertiary alicyclic amines) is 1. The molecule has 1 heterocycles. The summed E-state index contributed by atoms with van der Waals surface area (Å²) in [6.45, 7) is 6.35. The molecule has 0 radical (unpaired) electrons. The standard InChI is InChI=1S/C22H42N2O4/c1-4-5-6-7-11-18-27-21(25)12-9-8-10-15-24-17-13-20(19-24)28-22(26)14-16-23(2)3/h20H,4-19H2,1-3H3. The number of esters is 2. The van der Waals surface area contributed by atoms with Gasteiger partial charge in [-0.05, 0) is 46.3 Å². The first-order valence-corrected chi connectivity index (χ1v) is 11.2. The topological polar surface area (TPSA) is 59.1 Å². The SMILES string of the molecule is CCCCCCCOC(=O)CCCCCN1CCC(OC(=O)CCN(C)C)C1. The fourth-order valence-electron chi connectivity index (χ4n) is 3.40. The molecule has 1 aliphatic rings. The average Bonchev–Trinajstić information content (AvgIpc) is 3.09. The highest BCUT2D eigenvalue weighted by molar-refractivity contribution is 5.70. The van der Waals surface area contributed by atoms with Crippen molar-refractivity contribution in [2.24, 2.45) is 0 Å². The van der Waals surface area contributed by atoms with E-state index in [4.69, 9.17) is 9.47 Å². The third kappa shape index (κ3) is 13.1. The van der Waals surface area contributed by atoms with Crippen LogP contribution in [0, 0.1) is 0 Å². The lowest BCUT2D eigenvalue weighted by atomic mass is 10.1. The average molecular weight is 399 g/mol. The molecule has 0 aromatic rings. The van der Waals surface area contributed by atoms with Crippen LogP contribution in [0.4, 0.5) is 0 Å². The van der Waals surface area contributed by atoms with Crippen LogP contribution in [0.3, 0.4) is 0 Å². The number of carbonyl (C=O) groups excluding carboxylic acids is 2. The largest absolute Gasteiger partial charge is 0.466 e. The summed E-state index contributed by atoms with van der Waals surface area (Å²) in [4.78, 5) is 27.9. The molecular formula is C22H42N2O4. The van der Waals surface area contributed by atoms with Gasteiger partial charge in [-0.1, -0.05) is 39.0 Å². The molecule has 1 fully saturated rings. The fraction of sp³-hybridized carbons (Fsp3) is 0.909. The molecule has 1 unspecified atom stereocenters. The van der Waals surface area contributed by atoms with Gasteiger partial charge in [-0.3, -0.25) is 14.5 Å². The smallest absolute Gasteiger partial charge is 0.307 e. The van der Waals surface area contributed by atoms with Crippen molar-refractivity contribution in [3.05, 3.63) is 0 Å². The zero-order valence-corrected chi connectivity index (χ0v) is 18.4. The predicted octanol–water partition coefficient (Wildman–Crippen LogP) is 3.63. The highest BCUT2D eigenvalue weighted by Crippen LogP contribution is 2.15. The summed E-state index contributed by atoms with van der Waals surface area (Å²) in [7, 11) is 3.91. The molecule has 0 aliphatic carbocycles. The van der Waals surface area contributed by atoms with Crippen LogP contribution in [0.5, 0.6) is 0 Å². The van der Waals surface area contributed by atoms with E-state index in [1.807, 2.05) is 19.0 Å². The van der Waals surface area contributed by atoms with Gasteiger partial charge < -0.3 is 14.4 Å². The van der Waals surface area contributed by atoms with Crippen molar-refractivity contribution in [1.82, 2.24) is 9.80 Å². The Morgan fingerprint density at radius 3 is 2.46 bits per heavy atom. The molecule has 0 N–H and O–H groups in total. The third-order valence-corrected chi connectivity index (χ3v) is 5.16. The summed E-state index contributed by atoms with van der Waals surface area (Å²) >= 11 is 0. The van der Waals surface area contributed by atoms with E-state index in [0.717, 1.165) is 64.7 Å². The minimum Gasteiger partial charge on any atom is -0.466 e. The van der Waals surface area contributed by atoms with Gasteiger partial charge in [-0.15, -0.1) is 0 Å². The summed E-state index contributed by atoms with van der Waals surface area (Å²) in [5.74, 6) is -0.147. The van der Waals surface area contributed by atoms with Gasteiger partial charge in [0.05, 0.1) is 13.0 Å². The number of carbonyl (C=O) groups is 2. The van der Waals surface area contributed by atoms with Gasteiger partial charge in [-0.25, -0.2) is 0 Å². The highest BCUT2D eigenvalue weighted by atomic mass is 16.5. The van der Waals surface area contributed by atoms with E-state index in [2.05, 4.69) is 11.8 Å². The van der Waals surface area contributed by atoms with Gasteiger partial charge in [0.15, 0.2) is 0 Å². The minimum absolute atomic E-state index is 0.0435. The second-order valence-electron chi connectivity index (χ2n) is 8.20. The number of unbranched alkanes of at least 4 members (excludes halogenated alkanes) is 6. The van der Waals surface area contributed by atoms with E-state index in [0.29, 0.717) is 19.4 Å². The Hall–Kier alpha value is -1.14. The zero-order chi connectivity index (χ0) is 20.6. The lowest BCUT2D eigenvalue weighted by molar-refractivity contribution is -0.148. The monoisotopic (exact) mass is 398 g/mol. The summed E-state index contributed by atoms with van der Waals surface area (Å²) in [5, 5.41) is 0. The number of rotatable bonds is 16. The molecule has 1 atom stereocenters. The summed E-state index contributed by atoms with van der Waals surface area (Å²) < 4.78 is 10.8. The Bertz CT molecular complexity index is 429. The van der Waals surface area contributed by atoms with E-state index in [1.165, 1.54) is 19.3 Å². The van der Waals surface area contributed by atoms with Crippen LogP contribution in [0.2, 0.25) is 0 Å². The first kappa shape index (κ1) is 24.9. The van der Waals surface area contributed by atoms with Gasteiger partial charge in [0.25, 0.3) is 0 Å². The molecule has 0 bridgehead atoms. The maximum absolute atomic E-state index is 11.8. The molecule has 0 spiro atoms. The van der Waals surface area contributed by atoms with E-state index in [1.54, 1.807) is 0 Å². The second kappa shape index (κ2) is 15.7. The summed E-state index contributed by atoms with van der Waals surface area (Å²) in [6, 6.07) is 0. The molecule has 28 heavy (non-hydrogen) atoms. The maximum Gasteiger partial charge on any atom is 0.307 e. The molecule has 6 nitrogen and oxygen atoms in total. The lowest BCUT2D eigenvalue weighted by Crippen LogP contribution is -2.27. The van der Waals surface area contributed by atoms with E-state index >= 15 is 0 Å². The van der Waals surface area contributed by atoms with Crippen molar-refractivity contribution in [3.8, 4) is 0 Å². The second-order valence-corrected chi connectivity index (χ2v) is 8.20. The van der Waals surface area contributed by atoms with Crippen molar-refractivity contribution in [3.63, 3.8) is 0 Å². The summed E-state index contributed by atoms with van der Waals surface area (Å²) in [5.41, 5.74) is 0. The quantitative estimate of drug-likeness (QED) is 0.292. The van der Waals surface area contributed by atoms with Crippen LogP contribution in [0.25, 0.3) is 0 Å². The molecule has 0 aromatic carbocycles. The van der Waals surface area contributed by atoms with Crippen LogP contribution in [0.15, 0.2) is 0 Å².